The average Bonchev–Trinajstić information content (AvgIpc) is 2.85. The number of nitriles is 2. The van der Waals surface area contributed by atoms with Crippen LogP contribution in [0.25, 0.3) is 0 Å². The summed E-state index contributed by atoms with van der Waals surface area (Å²) in [6.45, 7) is 6.90. The second-order valence-corrected chi connectivity index (χ2v) is 8.83. The molecule has 0 aliphatic heterocycles. The molecule has 2 amide bonds. The molecule has 0 saturated heterocycles. The highest BCUT2D eigenvalue weighted by molar-refractivity contribution is 8.01. The number of hydrogen-bond acceptors (Lipinski definition) is 7. The Balaban J connectivity index is 1.87. The highest BCUT2D eigenvalue weighted by Crippen LogP contribution is 2.18. The van der Waals surface area contributed by atoms with Crippen molar-refractivity contribution in [2.24, 2.45) is 10.2 Å². The van der Waals surface area contributed by atoms with Crippen molar-refractivity contribution in [2.45, 2.75) is 38.2 Å². The second kappa shape index (κ2) is 12.2. The van der Waals surface area contributed by atoms with Gasteiger partial charge < -0.3 is 0 Å². The first-order valence-electron chi connectivity index (χ1n) is 10.1. The van der Waals surface area contributed by atoms with Crippen LogP contribution >= 0.6 is 11.8 Å². The number of carbonyl (C=O) groups is 2. The van der Waals surface area contributed by atoms with Crippen molar-refractivity contribution in [1.82, 2.24) is 10.9 Å². The van der Waals surface area contributed by atoms with Gasteiger partial charge in [-0.25, -0.2) is 10.9 Å². The maximum Gasteiger partial charge on any atom is 0.252 e. The smallest absolute Gasteiger partial charge is 0.252 e. The minimum atomic E-state index is -0.521. The zero-order chi connectivity index (χ0) is 24.4. The van der Waals surface area contributed by atoms with Crippen LogP contribution in [0.4, 0.5) is 0 Å². The molecule has 0 fully saturated rings. The maximum atomic E-state index is 12.4. The van der Waals surface area contributed by atoms with Gasteiger partial charge in [-0.3, -0.25) is 9.59 Å². The van der Waals surface area contributed by atoms with E-state index in [0.717, 1.165) is 11.1 Å². The molecule has 2 rings (SSSR count). The Morgan fingerprint density at radius 1 is 0.758 bits per heavy atom. The Kier molecular flexibility index (Phi) is 9.34. The molecule has 2 atom stereocenters. The van der Waals surface area contributed by atoms with Gasteiger partial charge in [-0.05, 0) is 63.1 Å². The molecule has 0 heterocycles. The summed E-state index contributed by atoms with van der Waals surface area (Å²) >= 11 is 1.19. The molecule has 2 unspecified atom stereocenters. The lowest BCUT2D eigenvalue weighted by Crippen LogP contribution is -2.33. The quantitative estimate of drug-likeness (QED) is 0.461. The van der Waals surface area contributed by atoms with Gasteiger partial charge >= 0.3 is 0 Å². The van der Waals surface area contributed by atoms with Crippen LogP contribution < -0.4 is 10.9 Å². The minimum Gasteiger partial charge on any atom is -0.272 e. The van der Waals surface area contributed by atoms with Crippen molar-refractivity contribution >= 4 is 35.0 Å². The highest BCUT2D eigenvalue weighted by Gasteiger charge is 2.21. The number of hydrogen-bond donors (Lipinski definition) is 2. The van der Waals surface area contributed by atoms with Crippen LogP contribution in [0.1, 0.15) is 49.9 Å². The molecule has 0 aromatic heterocycles. The molecule has 33 heavy (non-hydrogen) atoms. The molecule has 2 N–H and O–H groups in total. The number of hydrazone groups is 2. The zero-order valence-electron chi connectivity index (χ0n) is 18.8. The summed E-state index contributed by atoms with van der Waals surface area (Å²) in [6, 6.07) is 17.9. The molecule has 0 radical (unpaired) electrons. The highest BCUT2D eigenvalue weighted by atomic mass is 32.2. The van der Waals surface area contributed by atoms with Gasteiger partial charge in [0.05, 0.1) is 45.2 Å². The van der Waals surface area contributed by atoms with Crippen molar-refractivity contribution in [3.05, 3.63) is 70.8 Å². The summed E-state index contributed by atoms with van der Waals surface area (Å²) in [7, 11) is 0. The molecule has 2 aromatic carbocycles. The Bertz CT molecular complexity index is 1050. The minimum absolute atomic E-state index is 0.329. The van der Waals surface area contributed by atoms with Gasteiger partial charge in [-0.15, -0.1) is 11.8 Å². The predicted molar refractivity (Wildman–Crippen MR) is 130 cm³/mol. The van der Waals surface area contributed by atoms with Crippen LogP contribution in [0.2, 0.25) is 0 Å². The standard InChI is InChI=1S/C24H24N6O2S/c1-15(21-9-5-19(13-25)6-10-21)27-29-23(31)17(3)33-18(4)24(32)30-28-16(2)22-11-7-20(14-26)8-12-22/h5-12,17-18H,1-4H3,(H,29,31)(H,30,32). The molecule has 0 aliphatic carbocycles. The molecule has 0 spiro atoms. The zero-order valence-corrected chi connectivity index (χ0v) is 19.6. The molecule has 9 heteroatoms. The normalized spacial score (nSPS) is 13.3. The van der Waals surface area contributed by atoms with Gasteiger partial charge in [-0.1, -0.05) is 24.3 Å². The Morgan fingerprint density at radius 3 is 1.39 bits per heavy atom. The third-order valence-electron chi connectivity index (χ3n) is 4.68. The third-order valence-corrected chi connectivity index (χ3v) is 5.92. The topological polar surface area (TPSA) is 130 Å². The van der Waals surface area contributed by atoms with E-state index in [4.69, 9.17) is 10.5 Å². The number of nitrogens with zero attached hydrogens (tertiary/aromatic N) is 4. The van der Waals surface area contributed by atoms with Gasteiger partial charge in [0.15, 0.2) is 0 Å². The van der Waals surface area contributed by atoms with Crippen LogP contribution in [-0.2, 0) is 9.59 Å². The van der Waals surface area contributed by atoms with E-state index in [0.29, 0.717) is 22.6 Å². The summed E-state index contributed by atoms with van der Waals surface area (Å²) < 4.78 is 0. The molecule has 168 valence electrons. The summed E-state index contributed by atoms with van der Waals surface area (Å²) in [4.78, 5) is 24.8. The summed E-state index contributed by atoms with van der Waals surface area (Å²) in [5.74, 6) is -0.658. The SMILES string of the molecule is CC(=NNC(=O)C(C)SC(C)C(=O)NN=C(C)c1ccc(C#N)cc1)c1ccc(C#N)cc1. The fourth-order valence-electron chi connectivity index (χ4n) is 2.59. The molecular weight excluding hydrogens is 436 g/mol. The first-order valence-corrected chi connectivity index (χ1v) is 11.0. The van der Waals surface area contributed by atoms with Crippen LogP contribution in [-0.4, -0.2) is 33.7 Å². The number of carbonyl (C=O) groups excluding carboxylic acids is 2. The predicted octanol–water partition coefficient (Wildman–Crippen LogP) is 3.32. The molecule has 0 aliphatic rings. The fraction of sp³-hybridized carbons (Fsp3) is 0.250. The van der Waals surface area contributed by atoms with Crippen LogP contribution in [0, 0.1) is 22.7 Å². The molecule has 2 aromatic rings. The monoisotopic (exact) mass is 460 g/mol. The molecular formula is C24H24N6O2S. The van der Waals surface area contributed by atoms with Crippen LogP contribution in [0.5, 0.6) is 0 Å². The van der Waals surface area contributed by atoms with Crippen molar-refractivity contribution < 1.29 is 9.59 Å². The third kappa shape index (κ3) is 7.60. The van der Waals surface area contributed by atoms with Gasteiger partial charge in [0, 0.05) is 0 Å². The largest absolute Gasteiger partial charge is 0.272 e. The van der Waals surface area contributed by atoms with Crippen molar-refractivity contribution in [3.8, 4) is 12.1 Å². The van der Waals surface area contributed by atoms with E-state index >= 15 is 0 Å². The second-order valence-electron chi connectivity index (χ2n) is 7.15. The van der Waals surface area contributed by atoms with Crippen molar-refractivity contribution in [3.63, 3.8) is 0 Å². The van der Waals surface area contributed by atoms with Crippen molar-refractivity contribution in [2.75, 3.05) is 0 Å². The number of nitrogens with one attached hydrogen (secondary N) is 2. The van der Waals surface area contributed by atoms with E-state index in [1.54, 1.807) is 76.2 Å². The Morgan fingerprint density at radius 2 is 1.09 bits per heavy atom. The summed E-state index contributed by atoms with van der Waals surface area (Å²) in [5, 5.41) is 24.9. The maximum absolute atomic E-state index is 12.4. The van der Waals surface area contributed by atoms with E-state index in [2.05, 4.69) is 21.1 Å². The van der Waals surface area contributed by atoms with Gasteiger partial charge in [0.2, 0.25) is 0 Å². The Hall–Kier alpha value is -3.95. The van der Waals surface area contributed by atoms with E-state index in [9.17, 15) is 9.59 Å². The first-order chi connectivity index (χ1) is 15.7. The van der Waals surface area contributed by atoms with Crippen molar-refractivity contribution in [1.29, 1.82) is 10.5 Å². The lowest BCUT2D eigenvalue weighted by molar-refractivity contribution is -0.120. The molecule has 0 saturated carbocycles. The van der Waals surface area contributed by atoms with Crippen LogP contribution in [0.15, 0.2) is 58.7 Å². The fourth-order valence-corrected chi connectivity index (χ4v) is 3.56. The summed E-state index contributed by atoms with van der Waals surface area (Å²) in [5.41, 5.74) is 8.90. The number of rotatable bonds is 8. The number of thioether (sulfide) groups is 1. The van der Waals surface area contributed by atoms with E-state index in [1.807, 2.05) is 12.1 Å². The average molecular weight is 461 g/mol. The molecule has 0 bridgehead atoms. The van der Waals surface area contributed by atoms with Gasteiger partial charge in [0.25, 0.3) is 11.8 Å². The number of benzene rings is 2. The van der Waals surface area contributed by atoms with E-state index in [-0.39, 0.29) is 11.8 Å². The van der Waals surface area contributed by atoms with Crippen LogP contribution in [0.3, 0.4) is 0 Å². The first kappa shape index (κ1) is 25.3. The lowest BCUT2D eigenvalue weighted by atomic mass is 10.1. The lowest BCUT2D eigenvalue weighted by Gasteiger charge is -2.15. The van der Waals surface area contributed by atoms with Gasteiger partial charge in [0.1, 0.15) is 0 Å². The molecule has 8 nitrogen and oxygen atoms in total. The van der Waals surface area contributed by atoms with Gasteiger partial charge in [-0.2, -0.15) is 20.7 Å². The summed E-state index contributed by atoms with van der Waals surface area (Å²) in [6.07, 6.45) is 0. The number of amides is 2. The van der Waals surface area contributed by atoms with E-state index < -0.39 is 10.5 Å². The Labute approximate surface area is 197 Å². The van der Waals surface area contributed by atoms with E-state index in [1.165, 1.54) is 11.8 Å².